The number of hydrogen-bond donors (Lipinski definition) is 2. The van der Waals surface area contributed by atoms with Gasteiger partial charge < -0.3 is 10.4 Å². The second-order valence-corrected chi connectivity index (χ2v) is 8.64. The molecular weight excluding hydrogens is 409 g/mol. The third-order valence-corrected chi connectivity index (χ3v) is 6.83. The standard InChI is InChI=1S/C24H26ClNO3.Na.H/c25-21-14-18(15-6-8-17(9-7-15)24(28)29)10-11-19(21)22(16-4-2-1-3-5-16)20-12-13-26-23(20)27;;/h6-11,14,16,20,22H,1-5,12-13H2,(H,26,27)(H,28,29);;. The molecule has 2 atom stereocenters. The third kappa shape index (κ3) is 4.94. The van der Waals surface area contributed by atoms with E-state index in [1.807, 2.05) is 12.1 Å². The summed E-state index contributed by atoms with van der Waals surface area (Å²) in [6.07, 6.45) is 6.91. The van der Waals surface area contributed by atoms with Crippen molar-refractivity contribution in [3.05, 3.63) is 58.6 Å². The average molecular weight is 436 g/mol. The molecule has 4 nitrogen and oxygen atoms in total. The molecule has 0 aromatic heterocycles. The van der Waals surface area contributed by atoms with Crippen LogP contribution in [0.4, 0.5) is 0 Å². The van der Waals surface area contributed by atoms with E-state index < -0.39 is 5.97 Å². The fourth-order valence-electron chi connectivity index (χ4n) is 5.03. The van der Waals surface area contributed by atoms with Crippen molar-refractivity contribution in [2.45, 2.75) is 44.4 Å². The molecule has 1 saturated heterocycles. The fourth-order valence-corrected chi connectivity index (χ4v) is 5.34. The van der Waals surface area contributed by atoms with Gasteiger partial charge in [0.2, 0.25) is 5.91 Å². The van der Waals surface area contributed by atoms with E-state index in [0.717, 1.165) is 42.5 Å². The first-order valence-electron chi connectivity index (χ1n) is 10.5. The number of rotatable bonds is 5. The maximum atomic E-state index is 12.5. The Hall–Kier alpha value is -1.33. The molecule has 6 heteroatoms. The Bertz CT molecular complexity index is 909. The van der Waals surface area contributed by atoms with Crippen molar-refractivity contribution in [3.8, 4) is 11.1 Å². The number of carboxylic acids is 1. The van der Waals surface area contributed by atoms with Gasteiger partial charge in [-0.15, -0.1) is 0 Å². The number of nitrogens with one attached hydrogen (secondary N) is 1. The molecule has 2 aromatic carbocycles. The number of hydrogen-bond acceptors (Lipinski definition) is 2. The number of benzene rings is 2. The number of carboxylic acid groups (broad SMARTS) is 1. The maximum absolute atomic E-state index is 12.5. The van der Waals surface area contributed by atoms with Crippen LogP contribution in [-0.4, -0.2) is 53.1 Å². The van der Waals surface area contributed by atoms with Gasteiger partial charge in [0, 0.05) is 17.5 Å². The number of aromatic carboxylic acids is 1. The first-order valence-corrected chi connectivity index (χ1v) is 10.8. The zero-order valence-electron chi connectivity index (χ0n) is 16.4. The molecule has 2 N–H and O–H groups in total. The minimum atomic E-state index is -0.935. The Balaban J connectivity index is 0.00000256. The van der Waals surface area contributed by atoms with E-state index in [2.05, 4.69) is 11.4 Å². The van der Waals surface area contributed by atoms with E-state index in [0.29, 0.717) is 10.9 Å². The van der Waals surface area contributed by atoms with Crippen molar-refractivity contribution in [2.24, 2.45) is 11.8 Å². The van der Waals surface area contributed by atoms with Crippen molar-refractivity contribution in [1.29, 1.82) is 0 Å². The minimum absolute atomic E-state index is 0. The Kier molecular flexibility index (Phi) is 8.03. The molecule has 0 bridgehead atoms. The van der Waals surface area contributed by atoms with Gasteiger partial charge in [0.25, 0.3) is 0 Å². The monoisotopic (exact) mass is 435 g/mol. The molecule has 2 fully saturated rings. The molecule has 1 aliphatic carbocycles. The third-order valence-electron chi connectivity index (χ3n) is 6.51. The normalized spacial score (nSPS) is 20.3. The molecule has 2 aromatic rings. The van der Waals surface area contributed by atoms with Crippen molar-refractivity contribution in [1.82, 2.24) is 5.32 Å². The fraction of sp³-hybridized carbons (Fsp3) is 0.417. The molecule has 4 rings (SSSR count). The number of amides is 1. The number of carbonyl (C=O) groups is 2. The van der Waals surface area contributed by atoms with Gasteiger partial charge in [-0.05, 0) is 66.0 Å². The van der Waals surface area contributed by atoms with E-state index in [1.54, 1.807) is 24.3 Å². The predicted octanol–water partition coefficient (Wildman–Crippen LogP) is 4.86. The van der Waals surface area contributed by atoms with Crippen LogP contribution in [0.25, 0.3) is 11.1 Å². The second-order valence-electron chi connectivity index (χ2n) is 8.23. The van der Waals surface area contributed by atoms with E-state index in [4.69, 9.17) is 16.7 Å². The summed E-state index contributed by atoms with van der Waals surface area (Å²) < 4.78 is 0. The van der Waals surface area contributed by atoms with Crippen LogP contribution in [0.3, 0.4) is 0 Å². The van der Waals surface area contributed by atoms with Gasteiger partial charge in [0.05, 0.1) is 5.56 Å². The molecule has 1 amide bonds. The Morgan fingerprint density at radius 1 is 1.00 bits per heavy atom. The van der Waals surface area contributed by atoms with Crippen molar-refractivity contribution >= 4 is 53.0 Å². The average Bonchev–Trinajstić information content (AvgIpc) is 3.16. The molecule has 30 heavy (non-hydrogen) atoms. The molecule has 0 spiro atoms. The van der Waals surface area contributed by atoms with Crippen LogP contribution >= 0.6 is 11.6 Å². The van der Waals surface area contributed by atoms with E-state index in [1.165, 1.54) is 19.3 Å². The quantitative estimate of drug-likeness (QED) is 0.659. The molecular formula is C24H27ClNNaO3. The van der Waals surface area contributed by atoms with Gasteiger partial charge in [-0.1, -0.05) is 55.1 Å². The van der Waals surface area contributed by atoms with Crippen molar-refractivity contribution in [2.75, 3.05) is 6.54 Å². The van der Waals surface area contributed by atoms with Crippen LogP contribution in [0.15, 0.2) is 42.5 Å². The molecule has 1 heterocycles. The van der Waals surface area contributed by atoms with Crippen LogP contribution < -0.4 is 5.32 Å². The van der Waals surface area contributed by atoms with Crippen LogP contribution in [0, 0.1) is 11.8 Å². The van der Waals surface area contributed by atoms with Crippen LogP contribution in [0.5, 0.6) is 0 Å². The van der Waals surface area contributed by atoms with Gasteiger partial charge in [-0.2, -0.15) is 0 Å². The van der Waals surface area contributed by atoms with E-state index in [9.17, 15) is 9.59 Å². The zero-order valence-corrected chi connectivity index (χ0v) is 17.1. The first kappa shape index (κ1) is 23.3. The molecule has 154 valence electrons. The van der Waals surface area contributed by atoms with Crippen molar-refractivity contribution in [3.63, 3.8) is 0 Å². The molecule has 2 aliphatic rings. The summed E-state index contributed by atoms with van der Waals surface area (Å²) in [4.78, 5) is 23.6. The van der Waals surface area contributed by atoms with Crippen LogP contribution in [0.2, 0.25) is 5.02 Å². The summed E-state index contributed by atoms with van der Waals surface area (Å²) in [5, 5.41) is 12.8. The summed E-state index contributed by atoms with van der Waals surface area (Å²) in [5.41, 5.74) is 3.22. The predicted molar refractivity (Wildman–Crippen MR) is 121 cm³/mol. The summed E-state index contributed by atoms with van der Waals surface area (Å²) in [6, 6.07) is 12.9. The van der Waals surface area contributed by atoms with Gasteiger partial charge in [-0.3, -0.25) is 4.79 Å². The van der Waals surface area contributed by atoms with E-state index in [-0.39, 0.29) is 52.9 Å². The van der Waals surface area contributed by atoms with Crippen LogP contribution in [-0.2, 0) is 4.79 Å². The summed E-state index contributed by atoms with van der Waals surface area (Å²) >= 11 is 6.78. The Morgan fingerprint density at radius 2 is 1.67 bits per heavy atom. The Labute approximate surface area is 204 Å². The molecule has 1 aliphatic heterocycles. The van der Waals surface area contributed by atoms with Crippen molar-refractivity contribution < 1.29 is 14.7 Å². The van der Waals surface area contributed by atoms with Gasteiger partial charge in [0.15, 0.2) is 0 Å². The van der Waals surface area contributed by atoms with Gasteiger partial charge >= 0.3 is 35.5 Å². The molecule has 1 saturated carbocycles. The number of carbonyl (C=O) groups excluding carboxylic acids is 1. The SMILES string of the molecule is O=C(O)c1ccc(-c2ccc(C(C3CCCCC3)C3CCNC3=O)c(Cl)c2)cc1.[NaH]. The second kappa shape index (κ2) is 10.3. The Morgan fingerprint density at radius 3 is 2.23 bits per heavy atom. The van der Waals surface area contributed by atoms with Crippen LogP contribution in [0.1, 0.15) is 60.4 Å². The molecule has 2 unspecified atom stereocenters. The first-order chi connectivity index (χ1) is 14.0. The summed E-state index contributed by atoms with van der Waals surface area (Å²) in [5.74, 6) is -0.124. The van der Waals surface area contributed by atoms with E-state index >= 15 is 0 Å². The number of halogens is 1. The molecule has 0 radical (unpaired) electrons. The van der Waals surface area contributed by atoms with Gasteiger partial charge in [0.1, 0.15) is 0 Å². The summed E-state index contributed by atoms with van der Waals surface area (Å²) in [7, 11) is 0. The zero-order chi connectivity index (χ0) is 20.4. The topological polar surface area (TPSA) is 66.4 Å². The summed E-state index contributed by atoms with van der Waals surface area (Å²) in [6.45, 7) is 0.748. The van der Waals surface area contributed by atoms with Gasteiger partial charge in [-0.25, -0.2) is 4.79 Å².